The van der Waals surface area contributed by atoms with Gasteiger partial charge in [-0.2, -0.15) is 0 Å². The number of rotatable bonds is 3. The molecule has 4 nitrogen and oxygen atoms in total. The first-order valence-corrected chi connectivity index (χ1v) is 7.02. The zero-order valence-corrected chi connectivity index (χ0v) is 11.8. The SMILES string of the molecule is O=C(NCc1ccc(Cl)cc1Cl)C1NCC12CNC2. The van der Waals surface area contributed by atoms with E-state index in [9.17, 15) is 4.79 Å². The Morgan fingerprint density at radius 2 is 2.16 bits per heavy atom. The Bertz CT molecular complexity index is 511. The molecule has 1 spiro atoms. The number of carbonyl (C=O) groups is 1. The summed E-state index contributed by atoms with van der Waals surface area (Å²) in [6, 6.07) is 5.21. The van der Waals surface area contributed by atoms with E-state index in [1.165, 1.54) is 0 Å². The van der Waals surface area contributed by atoms with E-state index in [-0.39, 0.29) is 17.4 Å². The number of carbonyl (C=O) groups excluding carboxylic acids is 1. The van der Waals surface area contributed by atoms with Crippen LogP contribution >= 0.6 is 23.2 Å². The number of hydrogen-bond acceptors (Lipinski definition) is 3. The summed E-state index contributed by atoms with van der Waals surface area (Å²) in [6.07, 6.45) is 0. The maximum Gasteiger partial charge on any atom is 0.238 e. The van der Waals surface area contributed by atoms with Crippen LogP contribution in [0.3, 0.4) is 0 Å². The van der Waals surface area contributed by atoms with Gasteiger partial charge in [-0.05, 0) is 17.7 Å². The Morgan fingerprint density at radius 3 is 2.68 bits per heavy atom. The first-order valence-electron chi connectivity index (χ1n) is 6.26. The van der Waals surface area contributed by atoms with E-state index in [4.69, 9.17) is 23.2 Å². The van der Waals surface area contributed by atoms with Gasteiger partial charge in [-0.1, -0.05) is 29.3 Å². The second kappa shape index (κ2) is 4.94. The smallest absolute Gasteiger partial charge is 0.238 e. The highest BCUT2D eigenvalue weighted by Gasteiger charge is 2.54. The standard InChI is InChI=1S/C13H15Cl2N3O/c14-9-2-1-8(10(15)3-9)4-17-12(19)11-13(7-18-11)5-16-6-13/h1-3,11,16,18H,4-7H2,(H,17,19). The molecule has 1 aromatic rings. The molecular formula is C13H15Cl2N3O. The number of hydrogen-bond donors (Lipinski definition) is 3. The zero-order valence-electron chi connectivity index (χ0n) is 10.3. The van der Waals surface area contributed by atoms with Crippen LogP contribution in [-0.2, 0) is 11.3 Å². The summed E-state index contributed by atoms with van der Waals surface area (Å²) in [6.45, 7) is 3.18. The van der Waals surface area contributed by atoms with Crippen molar-refractivity contribution in [1.29, 1.82) is 0 Å². The van der Waals surface area contributed by atoms with Crippen LogP contribution in [0.1, 0.15) is 5.56 Å². The van der Waals surface area contributed by atoms with Gasteiger partial charge in [0.15, 0.2) is 0 Å². The summed E-state index contributed by atoms with van der Waals surface area (Å²) < 4.78 is 0. The lowest BCUT2D eigenvalue weighted by molar-refractivity contribution is -0.133. The van der Waals surface area contributed by atoms with Gasteiger partial charge in [0.1, 0.15) is 0 Å². The van der Waals surface area contributed by atoms with Crippen LogP contribution in [0.5, 0.6) is 0 Å². The molecule has 0 aromatic heterocycles. The number of amides is 1. The minimum atomic E-state index is -0.0835. The Morgan fingerprint density at radius 1 is 1.37 bits per heavy atom. The third-order valence-electron chi connectivity index (χ3n) is 3.96. The minimum absolute atomic E-state index is 0.0405. The summed E-state index contributed by atoms with van der Waals surface area (Å²) in [7, 11) is 0. The van der Waals surface area contributed by atoms with Crippen molar-refractivity contribution in [3.8, 4) is 0 Å². The van der Waals surface area contributed by atoms with E-state index in [0.29, 0.717) is 16.6 Å². The molecule has 19 heavy (non-hydrogen) atoms. The molecule has 1 unspecified atom stereocenters. The van der Waals surface area contributed by atoms with Gasteiger partial charge in [0.25, 0.3) is 0 Å². The maximum atomic E-state index is 12.1. The topological polar surface area (TPSA) is 53.2 Å². The average molecular weight is 300 g/mol. The largest absolute Gasteiger partial charge is 0.351 e. The molecule has 2 aliphatic rings. The van der Waals surface area contributed by atoms with Crippen LogP contribution in [0.2, 0.25) is 10.0 Å². The molecule has 0 radical (unpaired) electrons. The Balaban J connectivity index is 1.58. The molecule has 2 saturated heterocycles. The maximum absolute atomic E-state index is 12.1. The molecule has 3 rings (SSSR count). The van der Waals surface area contributed by atoms with Crippen molar-refractivity contribution in [2.45, 2.75) is 12.6 Å². The summed E-state index contributed by atoms with van der Waals surface area (Å²) in [5.41, 5.74) is 1.01. The first-order chi connectivity index (χ1) is 9.11. The van der Waals surface area contributed by atoms with Gasteiger partial charge in [-0.15, -0.1) is 0 Å². The van der Waals surface area contributed by atoms with Crippen molar-refractivity contribution < 1.29 is 4.79 Å². The summed E-state index contributed by atoms with van der Waals surface area (Å²) in [4.78, 5) is 12.1. The zero-order chi connectivity index (χ0) is 13.5. The van der Waals surface area contributed by atoms with Gasteiger partial charge in [-0.25, -0.2) is 0 Å². The van der Waals surface area contributed by atoms with E-state index in [2.05, 4.69) is 16.0 Å². The summed E-state index contributed by atoms with van der Waals surface area (Å²) in [5.74, 6) is 0.0405. The van der Waals surface area contributed by atoms with Crippen molar-refractivity contribution in [3.05, 3.63) is 33.8 Å². The highest BCUT2D eigenvalue weighted by Crippen LogP contribution is 2.33. The molecule has 2 aliphatic heterocycles. The van der Waals surface area contributed by atoms with Crippen molar-refractivity contribution in [1.82, 2.24) is 16.0 Å². The lowest BCUT2D eigenvalue weighted by atomic mass is 9.68. The van der Waals surface area contributed by atoms with E-state index in [1.807, 2.05) is 6.07 Å². The van der Waals surface area contributed by atoms with E-state index in [0.717, 1.165) is 25.2 Å². The molecule has 1 atom stereocenters. The van der Waals surface area contributed by atoms with Gasteiger partial charge >= 0.3 is 0 Å². The monoisotopic (exact) mass is 299 g/mol. The normalized spacial score (nSPS) is 23.6. The van der Waals surface area contributed by atoms with Crippen LogP contribution in [-0.4, -0.2) is 31.6 Å². The third-order valence-corrected chi connectivity index (χ3v) is 4.54. The fourth-order valence-corrected chi connectivity index (χ4v) is 3.06. The first kappa shape index (κ1) is 13.2. The molecule has 6 heteroatoms. The second-order valence-corrected chi connectivity index (χ2v) is 6.08. The van der Waals surface area contributed by atoms with E-state index >= 15 is 0 Å². The molecule has 0 bridgehead atoms. The Labute approximate surface area is 121 Å². The fourth-order valence-electron chi connectivity index (χ4n) is 2.59. The predicted octanol–water partition coefficient (Wildman–Crippen LogP) is 1.17. The van der Waals surface area contributed by atoms with Crippen molar-refractivity contribution in [2.24, 2.45) is 5.41 Å². The number of benzene rings is 1. The van der Waals surface area contributed by atoms with Crippen molar-refractivity contribution in [2.75, 3.05) is 19.6 Å². The highest BCUT2D eigenvalue weighted by molar-refractivity contribution is 6.35. The molecule has 1 amide bonds. The van der Waals surface area contributed by atoms with Gasteiger partial charge in [0.2, 0.25) is 5.91 Å². The Hall–Kier alpha value is -0.810. The number of halogens is 2. The Kier molecular flexibility index (Phi) is 3.43. The van der Waals surface area contributed by atoms with Crippen LogP contribution in [0.25, 0.3) is 0 Å². The van der Waals surface area contributed by atoms with Crippen LogP contribution in [0.15, 0.2) is 18.2 Å². The lowest BCUT2D eigenvalue weighted by Gasteiger charge is -2.55. The van der Waals surface area contributed by atoms with Gasteiger partial charge < -0.3 is 16.0 Å². The summed E-state index contributed by atoms with van der Waals surface area (Å²) >= 11 is 11.9. The third kappa shape index (κ3) is 2.34. The average Bonchev–Trinajstić information content (AvgIpc) is 2.24. The lowest BCUT2D eigenvalue weighted by Crippen LogP contribution is -2.78. The molecule has 3 N–H and O–H groups in total. The molecule has 2 heterocycles. The molecule has 0 saturated carbocycles. The van der Waals surface area contributed by atoms with Crippen LogP contribution in [0.4, 0.5) is 0 Å². The number of nitrogens with one attached hydrogen (secondary N) is 3. The molecule has 102 valence electrons. The fraction of sp³-hybridized carbons (Fsp3) is 0.462. The predicted molar refractivity (Wildman–Crippen MR) is 75.4 cm³/mol. The highest BCUT2D eigenvalue weighted by atomic mass is 35.5. The van der Waals surface area contributed by atoms with Crippen molar-refractivity contribution in [3.63, 3.8) is 0 Å². The quantitative estimate of drug-likeness (QED) is 0.785. The van der Waals surface area contributed by atoms with Crippen LogP contribution < -0.4 is 16.0 Å². The van der Waals surface area contributed by atoms with E-state index < -0.39 is 0 Å². The molecule has 2 fully saturated rings. The second-order valence-electron chi connectivity index (χ2n) is 5.23. The van der Waals surface area contributed by atoms with Gasteiger partial charge in [-0.3, -0.25) is 4.79 Å². The van der Waals surface area contributed by atoms with Gasteiger partial charge in [0, 0.05) is 41.6 Å². The van der Waals surface area contributed by atoms with E-state index in [1.54, 1.807) is 12.1 Å². The molecule has 0 aliphatic carbocycles. The van der Waals surface area contributed by atoms with Crippen LogP contribution in [0, 0.1) is 5.41 Å². The van der Waals surface area contributed by atoms with Gasteiger partial charge in [0.05, 0.1) is 6.04 Å². The molecule has 1 aromatic carbocycles. The molecular weight excluding hydrogens is 285 g/mol. The summed E-state index contributed by atoms with van der Waals surface area (Å²) in [5, 5.41) is 10.5. The van der Waals surface area contributed by atoms with Crippen molar-refractivity contribution >= 4 is 29.1 Å². The minimum Gasteiger partial charge on any atom is -0.351 e.